The summed E-state index contributed by atoms with van der Waals surface area (Å²) in [4.78, 5) is 70.1. The molecule has 0 amide bonds. The van der Waals surface area contributed by atoms with Gasteiger partial charge in [0.2, 0.25) is 0 Å². The molecule has 0 atom stereocenters. The first-order valence-electron chi connectivity index (χ1n) is 46.6. The van der Waals surface area contributed by atoms with E-state index in [-0.39, 0.29) is 21.1 Å². The van der Waals surface area contributed by atoms with Gasteiger partial charge in [-0.05, 0) is 232 Å². The van der Waals surface area contributed by atoms with Crippen molar-refractivity contribution in [1.82, 2.24) is 76.0 Å². The van der Waals surface area contributed by atoms with Crippen molar-refractivity contribution in [3.8, 4) is 33.9 Å². The number of nitrogens with one attached hydrogen (secondary N) is 6. The number of fused-ring (bicyclic) bond motifs is 53. The number of amidine groups is 2. The van der Waals surface area contributed by atoms with Crippen molar-refractivity contribution in [3.05, 3.63) is 451 Å². The van der Waals surface area contributed by atoms with E-state index in [0.717, 1.165) is 271 Å². The molecule has 6 N–H and O–H groups in total. The number of aromatic nitrogens is 12. The van der Waals surface area contributed by atoms with E-state index in [1.54, 1.807) is 0 Å². The Labute approximate surface area is 812 Å². The van der Waals surface area contributed by atoms with E-state index in [1.165, 1.54) is 22.3 Å². The second-order valence-electron chi connectivity index (χ2n) is 34.4. The molecule has 0 fully saturated rings. The van der Waals surface area contributed by atoms with Gasteiger partial charge in [0, 0.05) is 94.1 Å². The molecule has 27 rings (SSSR count). The summed E-state index contributed by atoms with van der Waals surface area (Å²) >= 11 is 0. The van der Waals surface area contributed by atoms with Crippen molar-refractivity contribution in [2.75, 3.05) is 0 Å². The Morgan fingerprint density at radius 2 is 0.683 bits per heavy atom. The fourth-order valence-corrected chi connectivity index (χ4v) is 19.5. The third-order valence-corrected chi connectivity index (χ3v) is 25.9. The van der Waals surface area contributed by atoms with E-state index in [2.05, 4.69) is 245 Å². The van der Waals surface area contributed by atoms with E-state index in [9.17, 15) is 0 Å². The fraction of sp³-hybridized carbons (Fsp3) is 0.0678. The first-order valence-corrected chi connectivity index (χ1v) is 46.6. The van der Waals surface area contributed by atoms with Crippen molar-refractivity contribution in [2.45, 2.75) is 53.4 Å². The maximum Gasteiger partial charge on any atom is 2.00 e. The number of pyridine rings is 6. The summed E-state index contributed by atoms with van der Waals surface area (Å²) in [5, 5.41) is 22.7. The predicted octanol–water partition coefficient (Wildman–Crippen LogP) is 22.1. The molecule has 8 aliphatic heterocycles. The average Bonchev–Trinajstić information content (AvgIpc) is 1.61. The zero-order valence-corrected chi connectivity index (χ0v) is 78.3. The molecule has 0 spiro atoms. The van der Waals surface area contributed by atoms with Gasteiger partial charge in [0.15, 0.2) is 11.7 Å². The van der Waals surface area contributed by atoms with Gasteiger partial charge in [-0.25, -0.2) is 49.9 Å². The maximum absolute atomic E-state index is 5.21. The van der Waals surface area contributed by atoms with Crippen LogP contribution >= 0.6 is 0 Å². The van der Waals surface area contributed by atoms with E-state index in [4.69, 9.17) is 59.8 Å². The molecule has 8 aliphatic rings. The summed E-state index contributed by atoms with van der Waals surface area (Å²) in [6.45, 7) is 8.90. The monoisotopic (exact) mass is 1980 g/mol. The number of benzene rings is 7. The number of aliphatic imine (C=N–C) groups is 3. The van der Waals surface area contributed by atoms with Gasteiger partial charge in [-0.15, -0.1) is 0 Å². The van der Waals surface area contributed by atoms with Gasteiger partial charge < -0.3 is 40.4 Å². The minimum Gasteiger partial charge on any atom is -0.464 e. The molecule has 139 heavy (non-hydrogen) atoms. The van der Waals surface area contributed by atoms with Crippen LogP contribution in [0.4, 0.5) is 0 Å². The standard InChI is InChI=1S/C39H25N5.C33H33N5.C23H15N5.C23H13N5.Pt/c1-2-14-29-28(13-1)34-19-24-9-7-11-26(40-24)21-36-30-15-3-5-17-32(30)38(43-36)23-39-33-18-6-4-16-31(33)37(44-39)22-27-12-8-10-25(41-27)20-35(29)42-34;1-5-21-22(6-2)31-19-32-23(7-3)24(8-4)33(38-32)29-17-11-16-28(36-29)27-15-10-14-26(35-27)25-13-9-12-20(34-25)18-30(21)37-31;2*1-3-10-18-16(8-1)20-12-14-6-5-7-15(24-14)13-21-17-9-2-4-11-19(17)23(26-21)28-27-22(18)25-20;/h1-23,42-43H;9-19,34,37H,5-8H2,1-4H3;1-13H,(H,25,27)(H,26,28);1-13H;/q;;;-2;+2. The number of H-pyrrole nitrogens is 3. The Bertz CT molecular complexity index is 9000. The van der Waals surface area contributed by atoms with Gasteiger partial charge in [0.1, 0.15) is 0 Å². The van der Waals surface area contributed by atoms with Gasteiger partial charge in [0.05, 0.1) is 108 Å². The SMILES string of the molecule is C1=C2N=C(NNC3=NC(=Cc4cccc1n4)c1ccccc13)c1ccccc12.C1=c2[n-]c(c3ccccc23)=NN=c2[n-]c(c3ccccc23)=Cc2cccc1n2.CCC1=C(CC)C2=NC1=Cc1[nH]c(c(CC)c1CC)C=C1C=CC=C(N1)c1cccc(n1)-c1cccc2n1.[Pt+2].c1ccc2c(c1)-c1cc3cccc(cc4[nH]c(cc5cccc(cc6[nH]c(cc-2n1)c1ccccc61)n5)c1ccccc41)n3. The van der Waals surface area contributed by atoms with Crippen LogP contribution in [-0.4, -0.2) is 67.2 Å². The van der Waals surface area contributed by atoms with Crippen LogP contribution in [0, 0.1) is 0 Å². The molecule has 21 heteroatoms. The Balaban J connectivity index is 0.000000105. The van der Waals surface area contributed by atoms with Crippen molar-refractivity contribution in [3.63, 3.8) is 0 Å². The van der Waals surface area contributed by atoms with E-state index in [1.807, 2.05) is 188 Å². The number of hydrogen-bond donors (Lipinski definition) is 6. The van der Waals surface area contributed by atoms with Crippen LogP contribution in [0.25, 0.3) is 175 Å². The van der Waals surface area contributed by atoms with Gasteiger partial charge in [-0.1, -0.05) is 251 Å². The van der Waals surface area contributed by atoms with Gasteiger partial charge in [-0.3, -0.25) is 10.9 Å². The number of nitrogens with zero attached hydrogens (tertiary/aromatic N) is 14. The summed E-state index contributed by atoms with van der Waals surface area (Å²) in [7, 11) is 0. The molecule has 0 unspecified atom stereocenters. The Morgan fingerprint density at radius 3 is 1.18 bits per heavy atom. The summed E-state index contributed by atoms with van der Waals surface area (Å²) in [6.07, 6.45) is 22.5. The molecule has 0 radical (unpaired) electrons. The Hall–Kier alpha value is -17.6. The summed E-state index contributed by atoms with van der Waals surface area (Å²) in [5.74, 6) is 1.55. The van der Waals surface area contributed by atoms with Crippen molar-refractivity contribution < 1.29 is 21.1 Å². The zero-order valence-electron chi connectivity index (χ0n) is 76.0. The molecule has 20 heterocycles. The second kappa shape index (κ2) is 36.6. The predicted molar refractivity (Wildman–Crippen MR) is 559 cm³/mol. The molecule has 668 valence electrons. The minimum atomic E-state index is 0. The second-order valence-corrected chi connectivity index (χ2v) is 34.4. The molecule has 32 bridgehead atoms. The van der Waals surface area contributed by atoms with Crippen molar-refractivity contribution in [1.29, 1.82) is 0 Å². The molecule has 7 aromatic carbocycles. The van der Waals surface area contributed by atoms with Gasteiger partial charge in [0.25, 0.3) is 0 Å². The molecular weight excluding hydrogens is 1890 g/mol. The smallest absolute Gasteiger partial charge is 0.464 e. The third-order valence-electron chi connectivity index (χ3n) is 25.9. The van der Waals surface area contributed by atoms with E-state index in [0.29, 0.717) is 11.0 Å². The first-order chi connectivity index (χ1) is 68.1. The number of rotatable bonds is 4. The normalized spacial score (nSPS) is 13.8. The molecule has 20 nitrogen and oxygen atoms in total. The van der Waals surface area contributed by atoms with Crippen LogP contribution in [0.2, 0.25) is 0 Å². The van der Waals surface area contributed by atoms with Crippen molar-refractivity contribution in [2.24, 2.45) is 25.2 Å². The largest absolute Gasteiger partial charge is 2.00 e. The molecule has 0 saturated carbocycles. The van der Waals surface area contributed by atoms with Crippen LogP contribution in [0.5, 0.6) is 0 Å². The number of aromatic amines is 3. The summed E-state index contributed by atoms with van der Waals surface area (Å²) in [5.41, 5.74) is 43.8. The quantitative estimate of drug-likeness (QED) is 0.0961. The van der Waals surface area contributed by atoms with E-state index < -0.39 is 0 Å². The molecule has 12 aromatic heterocycles. The number of hydrogen-bond acceptors (Lipinski definition) is 15. The van der Waals surface area contributed by atoms with Gasteiger partial charge >= 0.3 is 21.1 Å². The minimum absolute atomic E-state index is 0. The molecular formula is C118H86N20Pt. The number of hydrazine groups is 1. The number of dihydropyridines is 1. The van der Waals surface area contributed by atoms with Crippen LogP contribution in [0.15, 0.2) is 375 Å². The Morgan fingerprint density at radius 1 is 0.288 bits per heavy atom. The maximum atomic E-state index is 5.21. The summed E-state index contributed by atoms with van der Waals surface area (Å²) < 4.78 is 0. The van der Waals surface area contributed by atoms with Crippen LogP contribution < -0.4 is 47.8 Å². The first kappa shape index (κ1) is 85.6. The van der Waals surface area contributed by atoms with Gasteiger partial charge in [-0.2, -0.15) is 0 Å². The fourth-order valence-electron chi connectivity index (χ4n) is 19.5. The Kier molecular flexibility index (Phi) is 22.6. The van der Waals surface area contributed by atoms with Crippen LogP contribution in [0.1, 0.15) is 119 Å². The van der Waals surface area contributed by atoms with E-state index >= 15 is 0 Å². The average molecular weight is 1980 g/mol. The molecule has 0 aliphatic carbocycles. The zero-order chi connectivity index (χ0) is 92.3. The number of allylic oxidation sites excluding steroid dienone is 5. The third kappa shape index (κ3) is 16.5. The topological polar surface area (TPSA) is 264 Å². The van der Waals surface area contributed by atoms with Crippen molar-refractivity contribution >= 4 is 158 Å². The summed E-state index contributed by atoms with van der Waals surface area (Å²) in [6, 6.07) is 105. The van der Waals surface area contributed by atoms with Crippen LogP contribution in [-0.2, 0) is 33.9 Å². The van der Waals surface area contributed by atoms with Crippen LogP contribution in [0.3, 0.4) is 0 Å². The molecule has 0 saturated heterocycles. The molecule has 19 aromatic rings.